The molecule has 5 rings (SSSR count). The fourth-order valence-corrected chi connectivity index (χ4v) is 3.62. The van der Waals surface area contributed by atoms with Crippen LogP contribution in [-0.2, 0) is 6.42 Å². The van der Waals surface area contributed by atoms with E-state index >= 15 is 0 Å². The van der Waals surface area contributed by atoms with E-state index < -0.39 is 0 Å². The zero-order valence-corrected chi connectivity index (χ0v) is 15.4. The molecule has 0 aliphatic rings. The van der Waals surface area contributed by atoms with Gasteiger partial charge in [-0.2, -0.15) is 5.10 Å². The van der Waals surface area contributed by atoms with Crippen molar-refractivity contribution in [1.29, 1.82) is 0 Å². The molecule has 0 bridgehead atoms. The largest absolute Gasteiger partial charge is 0.255 e. The van der Waals surface area contributed by atoms with Crippen LogP contribution in [-0.4, -0.2) is 14.8 Å². The van der Waals surface area contributed by atoms with Crippen LogP contribution in [0.15, 0.2) is 79.0 Å². The van der Waals surface area contributed by atoms with Gasteiger partial charge in [0.1, 0.15) is 11.5 Å². The highest BCUT2D eigenvalue weighted by Gasteiger charge is 2.17. The van der Waals surface area contributed by atoms with E-state index in [2.05, 4.69) is 36.2 Å². The van der Waals surface area contributed by atoms with E-state index in [1.54, 1.807) is 6.07 Å². The second-order valence-electron chi connectivity index (χ2n) is 6.83. The zero-order valence-electron chi connectivity index (χ0n) is 15.4. The fourth-order valence-electron chi connectivity index (χ4n) is 3.62. The maximum atomic E-state index is 14.1. The molecule has 2 heterocycles. The van der Waals surface area contributed by atoms with E-state index in [0.717, 1.165) is 45.2 Å². The summed E-state index contributed by atoms with van der Waals surface area (Å²) in [7, 11) is 0. The molecule has 2 aromatic heterocycles. The minimum Gasteiger partial charge on any atom is -0.255 e. The molecule has 3 aromatic carbocycles. The Morgan fingerprint density at radius 3 is 2.43 bits per heavy atom. The van der Waals surface area contributed by atoms with Crippen LogP contribution in [0, 0.1) is 5.82 Å². The fraction of sp³-hybridized carbons (Fsp3) is 0.0833. The predicted molar refractivity (Wildman–Crippen MR) is 111 cm³/mol. The second-order valence-corrected chi connectivity index (χ2v) is 6.83. The van der Waals surface area contributed by atoms with Gasteiger partial charge in [-0.1, -0.05) is 49.4 Å². The third-order valence-electron chi connectivity index (χ3n) is 5.10. The van der Waals surface area contributed by atoms with Crippen molar-refractivity contribution in [2.45, 2.75) is 13.3 Å². The van der Waals surface area contributed by atoms with Gasteiger partial charge in [-0.05, 0) is 42.3 Å². The van der Waals surface area contributed by atoms with Gasteiger partial charge in [-0.3, -0.25) is 4.98 Å². The summed E-state index contributed by atoms with van der Waals surface area (Å²) in [6.45, 7) is 2.14. The molecule has 0 saturated heterocycles. The molecular weight excluding hydrogens is 349 g/mol. The van der Waals surface area contributed by atoms with Crippen molar-refractivity contribution in [2.24, 2.45) is 0 Å². The number of hydrogen-bond acceptors (Lipinski definition) is 2. The van der Waals surface area contributed by atoms with Gasteiger partial charge in [-0.15, -0.1) is 0 Å². The summed E-state index contributed by atoms with van der Waals surface area (Å²) in [6.07, 6.45) is 2.83. The first-order valence-electron chi connectivity index (χ1n) is 9.36. The number of rotatable bonds is 3. The molecular formula is C24H18FN3. The Labute approximate surface area is 162 Å². The topological polar surface area (TPSA) is 30.7 Å². The Morgan fingerprint density at radius 2 is 1.68 bits per heavy atom. The zero-order chi connectivity index (χ0) is 19.1. The minimum atomic E-state index is -0.281. The number of nitrogens with zero attached hydrogens (tertiary/aromatic N) is 3. The average molecular weight is 367 g/mol. The van der Waals surface area contributed by atoms with Crippen LogP contribution in [0.2, 0.25) is 0 Å². The van der Waals surface area contributed by atoms with Gasteiger partial charge in [0.2, 0.25) is 0 Å². The first-order chi connectivity index (χ1) is 13.7. The maximum absolute atomic E-state index is 14.1. The van der Waals surface area contributed by atoms with E-state index in [4.69, 9.17) is 5.10 Å². The molecule has 136 valence electrons. The Kier molecular flexibility index (Phi) is 3.90. The SMILES string of the molecule is CCc1ccc(-c2nn(-c3ccccc3)c3c2cnc2ccc(F)cc23)cc1. The standard InChI is InChI=1S/C24H18FN3/c1-2-16-8-10-17(11-9-16)23-21-15-26-22-13-12-18(25)14-20(22)24(21)28(27-23)19-6-4-3-5-7-19/h3-15H,2H2,1H3. The van der Waals surface area contributed by atoms with Crippen LogP contribution in [0.5, 0.6) is 0 Å². The number of hydrogen-bond donors (Lipinski definition) is 0. The van der Waals surface area contributed by atoms with Crippen molar-refractivity contribution in [3.63, 3.8) is 0 Å². The molecule has 3 nitrogen and oxygen atoms in total. The van der Waals surface area contributed by atoms with Crippen LogP contribution >= 0.6 is 0 Å². The van der Waals surface area contributed by atoms with Crippen molar-refractivity contribution in [3.05, 3.63) is 90.4 Å². The molecule has 0 spiro atoms. The summed E-state index contributed by atoms with van der Waals surface area (Å²) >= 11 is 0. The average Bonchev–Trinajstić information content (AvgIpc) is 3.14. The van der Waals surface area contributed by atoms with Crippen LogP contribution in [0.1, 0.15) is 12.5 Å². The molecule has 0 aliphatic carbocycles. The monoisotopic (exact) mass is 367 g/mol. The molecule has 0 radical (unpaired) electrons. The molecule has 0 fully saturated rings. The highest BCUT2D eigenvalue weighted by atomic mass is 19.1. The number of aryl methyl sites for hydroxylation is 1. The van der Waals surface area contributed by atoms with Gasteiger partial charge in [0, 0.05) is 22.5 Å². The molecule has 28 heavy (non-hydrogen) atoms. The summed E-state index contributed by atoms with van der Waals surface area (Å²) in [5, 5.41) is 6.58. The van der Waals surface area contributed by atoms with Crippen LogP contribution in [0.25, 0.3) is 38.8 Å². The van der Waals surface area contributed by atoms with E-state index in [0.29, 0.717) is 0 Å². The lowest BCUT2D eigenvalue weighted by molar-refractivity contribution is 0.629. The summed E-state index contributed by atoms with van der Waals surface area (Å²) in [5.74, 6) is -0.281. The number of fused-ring (bicyclic) bond motifs is 3. The second kappa shape index (κ2) is 6.57. The third-order valence-corrected chi connectivity index (χ3v) is 5.10. The first kappa shape index (κ1) is 16.6. The molecule has 0 N–H and O–H groups in total. The Hall–Kier alpha value is -3.53. The van der Waals surface area contributed by atoms with E-state index in [9.17, 15) is 4.39 Å². The van der Waals surface area contributed by atoms with Crippen LogP contribution < -0.4 is 0 Å². The molecule has 0 unspecified atom stereocenters. The van der Waals surface area contributed by atoms with Crippen molar-refractivity contribution in [3.8, 4) is 16.9 Å². The minimum absolute atomic E-state index is 0.281. The van der Waals surface area contributed by atoms with Crippen LogP contribution in [0.4, 0.5) is 4.39 Å². The van der Waals surface area contributed by atoms with Gasteiger partial charge in [0.25, 0.3) is 0 Å². The van der Waals surface area contributed by atoms with Gasteiger partial charge < -0.3 is 0 Å². The maximum Gasteiger partial charge on any atom is 0.124 e. The lowest BCUT2D eigenvalue weighted by Gasteiger charge is -2.05. The Balaban J connectivity index is 1.87. The normalized spacial score (nSPS) is 11.4. The van der Waals surface area contributed by atoms with E-state index in [-0.39, 0.29) is 5.82 Å². The summed E-state index contributed by atoms with van der Waals surface area (Å²) in [4.78, 5) is 4.56. The quantitative estimate of drug-likeness (QED) is 0.395. The van der Waals surface area contributed by atoms with Crippen LogP contribution in [0.3, 0.4) is 0 Å². The van der Waals surface area contributed by atoms with Crippen molar-refractivity contribution < 1.29 is 4.39 Å². The Morgan fingerprint density at radius 1 is 0.893 bits per heavy atom. The van der Waals surface area contributed by atoms with E-state index in [1.807, 2.05) is 41.2 Å². The lowest BCUT2D eigenvalue weighted by Crippen LogP contribution is -1.97. The molecule has 0 atom stereocenters. The summed E-state index contributed by atoms with van der Waals surface area (Å²) in [5.41, 5.74) is 5.70. The lowest BCUT2D eigenvalue weighted by atomic mass is 10.0. The van der Waals surface area contributed by atoms with Crippen molar-refractivity contribution in [2.75, 3.05) is 0 Å². The predicted octanol–water partition coefficient (Wildman–Crippen LogP) is 5.94. The number of pyridine rings is 1. The molecule has 4 heteroatoms. The third kappa shape index (κ3) is 2.65. The summed E-state index contributed by atoms with van der Waals surface area (Å²) < 4.78 is 15.9. The molecule has 5 aromatic rings. The molecule has 0 aliphatic heterocycles. The Bertz CT molecular complexity index is 1290. The molecule has 0 amide bonds. The number of para-hydroxylation sites is 1. The highest BCUT2D eigenvalue weighted by molar-refractivity contribution is 6.08. The molecule has 0 saturated carbocycles. The van der Waals surface area contributed by atoms with Gasteiger partial charge in [0.05, 0.1) is 16.7 Å². The smallest absolute Gasteiger partial charge is 0.124 e. The van der Waals surface area contributed by atoms with Gasteiger partial charge >= 0.3 is 0 Å². The number of benzene rings is 3. The number of halogens is 1. The van der Waals surface area contributed by atoms with Gasteiger partial charge in [-0.25, -0.2) is 9.07 Å². The first-order valence-corrected chi connectivity index (χ1v) is 9.36. The van der Waals surface area contributed by atoms with E-state index in [1.165, 1.54) is 17.7 Å². The highest BCUT2D eigenvalue weighted by Crippen LogP contribution is 2.34. The van der Waals surface area contributed by atoms with Crippen molar-refractivity contribution in [1.82, 2.24) is 14.8 Å². The van der Waals surface area contributed by atoms with Crippen molar-refractivity contribution >= 4 is 21.8 Å². The summed E-state index contributed by atoms with van der Waals surface area (Å²) in [6, 6.07) is 23.0. The number of aromatic nitrogens is 3. The van der Waals surface area contributed by atoms with Gasteiger partial charge in [0.15, 0.2) is 0 Å².